The quantitative estimate of drug-likeness (QED) is 0.595. The molecule has 4 heteroatoms. The van der Waals surface area contributed by atoms with Crippen molar-refractivity contribution in [2.75, 3.05) is 46.4 Å². The highest BCUT2D eigenvalue weighted by atomic mass is 16.5. The Morgan fingerprint density at radius 3 is 2.88 bits per heavy atom. The van der Waals surface area contributed by atoms with E-state index in [-0.39, 0.29) is 0 Å². The molecule has 96 valence electrons. The van der Waals surface area contributed by atoms with Crippen LogP contribution in [0.25, 0.3) is 0 Å². The van der Waals surface area contributed by atoms with E-state index in [9.17, 15) is 0 Å². The lowest BCUT2D eigenvalue weighted by atomic mass is 10.2. The summed E-state index contributed by atoms with van der Waals surface area (Å²) in [6, 6.07) is 0. The van der Waals surface area contributed by atoms with Gasteiger partial charge in [0, 0.05) is 26.2 Å². The van der Waals surface area contributed by atoms with Crippen LogP contribution in [0.4, 0.5) is 0 Å². The van der Waals surface area contributed by atoms with Gasteiger partial charge >= 0.3 is 0 Å². The summed E-state index contributed by atoms with van der Waals surface area (Å²) in [5.41, 5.74) is 0. The molecule has 0 amide bonds. The summed E-state index contributed by atoms with van der Waals surface area (Å²) in [6.07, 6.45) is 4.84. The van der Waals surface area contributed by atoms with Crippen LogP contribution in [0.5, 0.6) is 0 Å². The van der Waals surface area contributed by atoms with E-state index in [0.29, 0.717) is 12.7 Å². The number of nitrogens with one attached hydrogen (secondary N) is 1. The Morgan fingerprint density at radius 1 is 1.31 bits per heavy atom. The van der Waals surface area contributed by atoms with E-state index < -0.39 is 0 Å². The van der Waals surface area contributed by atoms with Crippen molar-refractivity contribution in [1.29, 1.82) is 0 Å². The average molecular weight is 230 g/mol. The van der Waals surface area contributed by atoms with Crippen LogP contribution in [-0.4, -0.2) is 62.6 Å². The van der Waals surface area contributed by atoms with Crippen LogP contribution < -0.4 is 5.32 Å². The van der Waals surface area contributed by atoms with Gasteiger partial charge in [-0.15, -0.1) is 0 Å². The fourth-order valence-corrected chi connectivity index (χ4v) is 1.97. The Kier molecular flexibility index (Phi) is 7.76. The Morgan fingerprint density at radius 2 is 2.12 bits per heavy atom. The lowest BCUT2D eigenvalue weighted by Crippen LogP contribution is -2.44. The minimum absolute atomic E-state index is 0.329. The second kappa shape index (κ2) is 8.93. The standard InChI is InChI=1S/C12H26N2O2/c1-14-7-9-16-12(11-14)10-13-6-4-2-3-5-8-15/h12-13,15H,2-11H2,1H3. The van der Waals surface area contributed by atoms with Crippen LogP contribution in [0.3, 0.4) is 0 Å². The number of aliphatic hydroxyl groups excluding tert-OH is 1. The third-order valence-electron chi connectivity index (χ3n) is 2.98. The maximum atomic E-state index is 8.63. The number of unbranched alkanes of at least 4 members (excludes halogenated alkanes) is 3. The first kappa shape index (κ1) is 13.9. The molecule has 0 aromatic carbocycles. The van der Waals surface area contributed by atoms with Crippen molar-refractivity contribution in [3.05, 3.63) is 0 Å². The first-order chi connectivity index (χ1) is 7.83. The SMILES string of the molecule is CN1CCOC(CNCCCCCCO)C1. The van der Waals surface area contributed by atoms with E-state index in [1.165, 1.54) is 12.8 Å². The molecule has 1 fully saturated rings. The molecule has 2 N–H and O–H groups in total. The fourth-order valence-electron chi connectivity index (χ4n) is 1.97. The van der Waals surface area contributed by atoms with Gasteiger partial charge in [0.05, 0.1) is 12.7 Å². The van der Waals surface area contributed by atoms with E-state index in [4.69, 9.17) is 9.84 Å². The molecule has 0 radical (unpaired) electrons. The molecule has 0 saturated carbocycles. The second-order valence-corrected chi connectivity index (χ2v) is 4.60. The molecule has 0 aromatic rings. The zero-order chi connectivity index (χ0) is 11.6. The van der Waals surface area contributed by atoms with E-state index in [1.54, 1.807) is 0 Å². The van der Waals surface area contributed by atoms with E-state index in [1.807, 2.05) is 0 Å². The molecule has 1 aliphatic rings. The Bertz CT molecular complexity index is 167. The number of hydrogen-bond acceptors (Lipinski definition) is 4. The number of ether oxygens (including phenoxy) is 1. The summed E-state index contributed by atoms with van der Waals surface area (Å²) in [5, 5.41) is 12.1. The number of hydrogen-bond donors (Lipinski definition) is 2. The molecule has 1 unspecified atom stereocenters. The summed E-state index contributed by atoms with van der Waals surface area (Å²) in [7, 11) is 2.14. The largest absolute Gasteiger partial charge is 0.396 e. The topological polar surface area (TPSA) is 44.7 Å². The monoisotopic (exact) mass is 230 g/mol. The highest BCUT2D eigenvalue weighted by Crippen LogP contribution is 2.02. The van der Waals surface area contributed by atoms with Crippen LogP contribution in [0.15, 0.2) is 0 Å². The lowest BCUT2D eigenvalue weighted by molar-refractivity contribution is -0.0180. The molecule has 1 saturated heterocycles. The summed E-state index contributed by atoms with van der Waals surface area (Å²) < 4.78 is 5.66. The van der Waals surface area contributed by atoms with Gasteiger partial charge in [-0.1, -0.05) is 12.8 Å². The molecule has 1 heterocycles. The van der Waals surface area contributed by atoms with Gasteiger partial charge in [-0.25, -0.2) is 0 Å². The number of likely N-dealkylation sites (N-methyl/N-ethyl adjacent to an activating group) is 1. The Balaban J connectivity index is 1.86. The summed E-state index contributed by atoms with van der Waals surface area (Å²) in [5.74, 6) is 0. The second-order valence-electron chi connectivity index (χ2n) is 4.60. The third-order valence-corrected chi connectivity index (χ3v) is 2.98. The smallest absolute Gasteiger partial charge is 0.0826 e. The van der Waals surface area contributed by atoms with E-state index in [2.05, 4.69) is 17.3 Å². The molecule has 0 aromatic heterocycles. The summed E-state index contributed by atoms with van der Waals surface area (Å²) >= 11 is 0. The normalized spacial score (nSPS) is 22.5. The van der Waals surface area contributed by atoms with Gasteiger partial charge < -0.3 is 20.1 Å². The summed E-state index contributed by atoms with van der Waals surface area (Å²) in [6.45, 7) is 5.31. The third kappa shape index (κ3) is 6.43. The molecule has 16 heavy (non-hydrogen) atoms. The Labute approximate surface area is 99.0 Å². The molecular formula is C12H26N2O2. The van der Waals surface area contributed by atoms with Crippen molar-refractivity contribution in [1.82, 2.24) is 10.2 Å². The predicted octanol–water partition coefficient (Wildman–Crippen LogP) is 0.459. The average Bonchev–Trinajstić information content (AvgIpc) is 2.28. The molecule has 1 aliphatic heterocycles. The minimum atomic E-state index is 0.329. The molecular weight excluding hydrogens is 204 g/mol. The minimum Gasteiger partial charge on any atom is -0.396 e. The number of aliphatic hydroxyl groups is 1. The van der Waals surface area contributed by atoms with Crippen molar-refractivity contribution < 1.29 is 9.84 Å². The van der Waals surface area contributed by atoms with Crippen LogP contribution in [0.1, 0.15) is 25.7 Å². The first-order valence-electron chi connectivity index (χ1n) is 6.44. The number of morpholine rings is 1. The maximum absolute atomic E-state index is 8.63. The van der Waals surface area contributed by atoms with E-state index in [0.717, 1.165) is 45.6 Å². The van der Waals surface area contributed by atoms with Gasteiger partial charge in [0.1, 0.15) is 0 Å². The maximum Gasteiger partial charge on any atom is 0.0826 e. The zero-order valence-corrected chi connectivity index (χ0v) is 10.5. The van der Waals surface area contributed by atoms with Crippen LogP contribution in [-0.2, 0) is 4.74 Å². The van der Waals surface area contributed by atoms with Crippen molar-refractivity contribution in [2.45, 2.75) is 31.8 Å². The molecule has 0 spiro atoms. The lowest BCUT2D eigenvalue weighted by Gasteiger charge is -2.30. The molecule has 1 rings (SSSR count). The highest BCUT2D eigenvalue weighted by molar-refractivity contribution is 4.70. The van der Waals surface area contributed by atoms with Crippen molar-refractivity contribution in [2.24, 2.45) is 0 Å². The number of rotatable bonds is 8. The van der Waals surface area contributed by atoms with Gasteiger partial charge in [-0.2, -0.15) is 0 Å². The summed E-state index contributed by atoms with van der Waals surface area (Å²) in [4.78, 5) is 2.32. The van der Waals surface area contributed by atoms with Gasteiger partial charge in [-0.05, 0) is 26.4 Å². The molecule has 0 bridgehead atoms. The molecule has 4 nitrogen and oxygen atoms in total. The molecule has 0 aliphatic carbocycles. The van der Waals surface area contributed by atoms with Gasteiger partial charge in [0.25, 0.3) is 0 Å². The van der Waals surface area contributed by atoms with Gasteiger partial charge in [-0.3, -0.25) is 0 Å². The van der Waals surface area contributed by atoms with Crippen LogP contribution >= 0.6 is 0 Å². The first-order valence-corrected chi connectivity index (χ1v) is 6.44. The van der Waals surface area contributed by atoms with E-state index >= 15 is 0 Å². The van der Waals surface area contributed by atoms with Crippen molar-refractivity contribution in [3.8, 4) is 0 Å². The van der Waals surface area contributed by atoms with Crippen LogP contribution in [0, 0.1) is 0 Å². The van der Waals surface area contributed by atoms with Crippen molar-refractivity contribution >= 4 is 0 Å². The van der Waals surface area contributed by atoms with Gasteiger partial charge in [0.2, 0.25) is 0 Å². The van der Waals surface area contributed by atoms with Crippen LogP contribution in [0.2, 0.25) is 0 Å². The molecule has 1 atom stereocenters. The van der Waals surface area contributed by atoms with Gasteiger partial charge in [0.15, 0.2) is 0 Å². The highest BCUT2D eigenvalue weighted by Gasteiger charge is 2.16. The zero-order valence-electron chi connectivity index (χ0n) is 10.5. The number of nitrogens with zero attached hydrogens (tertiary/aromatic N) is 1. The fraction of sp³-hybridized carbons (Fsp3) is 1.00. The Hall–Kier alpha value is -0.160. The van der Waals surface area contributed by atoms with Crippen molar-refractivity contribution in [3.63, 3.8) is 0 Å². The predicted molar refractivity (Wildman–Crippen MR) is 65.7 cm³/mol.